The maximum Gasteiger partial charge on any atom is 0.266 e. The van der Waals surface area contributed by atoms with Gasteiger partial charge in [0.05, 0.1) is 11.4 Å². The van der Waals surface area contributed by atoms with Gasteiger partial charge in [0.15, 0.2) is 5.13 Å². The van der Waals surface area contributed by atoms with E-state index in [1.54, 1.807) is 12.1 Å². The number of hydrogen-bond donors (Lipinski definition) is 1. The Balaban J connectivity index is 1.79. The van der Waals surface area contributed by atoms with E-state index in [2.05, 4.69) is 17.2 Å². The maximum atomic E-state index is 14.3. The number of hydrogen-bond acceptors (Lipinski definition) is 5. The molecule has 2 amide bonds. The zero-order valence-electron chi connectivity index (χ0n) is 18.6. The fourth-order valence-electron chi connectivity index (χ4n) is 3.15. The molecule has 1 aromatic heterocycles. The highest BCUT2D eigenvalue weighted by molar-refractivity contribution is 7.14. The summed E-state index contributed by atoms with van der Waals surface area (Å²) in [6.45, 7) is 3.34. The number of unbranched alkanes of at least 4 members (excludes halogenated alkanes) is 1. The molecule has 0 saturated carbocycles. The normalized spacial score (nSPS) is 11.1. The topological polar surface area (TPSA) is 86.1 Å². The van der Waals surface area contributed by atoms with Gasteiger partial charge in [0, 0.05) is 24.1 Å². The van der Waals surface area contributed by atoms with Crippen molar-refractivity contribution in [3.8, 4) is 6.07 Å². The van der Waals surface area contributed by atoms with E-state index in [0.29, 0.717) is 11.8 Å². The molecule has 0 fully saturated rings. The Bertz CT molecular complexity index is 1260. The summed E-state index contributed by atoms with van der Waals surface area (Å²) in [6.07, 6.45) is 4.41. The number of halogens is 2. The minimum Gasteiger partial charge on any atom is -0.321 e. The molecule has 0 aliphatic rings. The fourth-order valence-corrected chi connectivity index (χ4v) is 3.98. The van der Waals surface area contributed by atoms with Crippen LogP contribution in [0.3, 0.4) is 0 Å². The lowest BCUT2D eigenvalue weighted by molar-refractivity contribution is -0.116. The van der Waals surface area contributed by atoms with E-state index in [0.717, 1.165) is 47.6 Å². The van der Waals surface area contributed by atoms with Crippen molar-refractivity contribution in [3.63, 3.8) is 0 Å². The lowest BCUT2D eigenvalue weighted by Crippen LogP contribution is -2.23. The van der Waals surface area contributed by atoms with Crippen LogP contribution in [-0.2, 0) is 16.0 Å². The summed E-state index contributed by atoms with van der Waals surface area (Å²) in [4.78, 5) is 30.0. The lowest BCUT2D eigenvalue weighted by atomic mass is 10.1. The Labute approximate surface area is 200 Å². The van der Waals surface area contributed by atoms with Crippen molar-refractivity contribution < 1.29 is 18.4 Å². The van der Waals surface area contributed by atoms with Crippen LogP contribution in [0, 0.1) is 23.0 Å². The molecule has 1 heterocycles. The molecule has 3 aromatic rings. The highest BCUT2D eigenvalue weighted by Crippen LogP contribution is 2.31. The number of carbonyl (C=O) groups is 2. The van der Waals surface area contributed by atoms with Gasteiger partial charge in [-0.1, -0.05) is 25.5 Å². The Morgan fingerprint density at radius 3 is 2.56 bits per heavy atom. The van der Waals surface area contributed by atoms with Gasteiger partial charge in [-0.05, 0) is 48.7 Å². The number of nitrogens with one attached hydrogen (secondary N) is 1. The zero-order valence-corrected chi connectivity index (χ0v) is 19.5. The van der Waals surface area contributed by atoms with Gasteiger partial charge in [-0.3, -0.25) is 14.5 Å². The molecule has 9 heteroatoms. The van der Waals surface area contributed by atoms with Crippen LogP contribution in [0.5, 0.6) is 0 Å². The standard InChI is InChI=1S/C25H22F2N4O2S/c1-3-4-5-17-6-9-20(10-7-17)29-24(33)18(14-28)12-21-15-34-25(30-21)31(16(2)32)23-11-8-19(26)13-22(23)27/h6-13,15H,3-5H2,1-2H3,(H,29,33)/b18-12+. The Hall–Kier alpha value is -3.90. The smallest absolute Gasteiger partial charge is 0.266 e. The molecule has 1 N–H and O–H groups in total. The van der Waals surface area contributed by atoms with E-state index in [-0.39, 0.29) is 22.1 Å². The van der Waals surface area contributed by atoms with Gasteiger partial charge in [0.2, 0.25) is 5.91 Å². The van der Waals surface area contributed by atoms with Crippen LogP contribution in [0.2, 0.25) is 0 Å². The van der Waals surface area contributed by atoms with Crippen molar-refractivity contribution in [1.29, 1.82) is 5.26 Å². The molecule has 0 saturated heterocycles. The molecule has 0 spiro atoms. The van der Waals surface area contributed by atoms with Gasteiger partial charge in [0.1, 0.15) is 23.3 Å². The molecule has 0 radical (unpaired) electrons. The number of anilines is 3. The summed E-state index contributed by atoms with van der Waals surface area (Å²) in [5.41, 5.74) is 1.63. The first-order valence-corrected chi connectivity index (χ1v) is 11.4. The second-order valence-corrected chi connectivity index (χ2v) is 8.27. The van der Waals surface area contributed by atoms with E-state index in [1.165, 1.54) is 23.9 Å². The van der Waals surface area contributed by atoms with Crippen LogP contribution >= 0.6 is 11.3 Å². The number of nitrogens with zero attached hydrogens (tertiary/aromatic N) is 3. The average Bonchev–Trinajstić information content (AvgIpc) is 3.26. The molecule has 0 aliphatic heterocycles. The average molecular weight is 481 g/mol. The molecule has 0 aliphatic carbocycles. The molecule has 3 rings (SSSR count). The van der Waals surface area contributed by atoms with Crippen molar-refractivity contribution in [2.24, 2.45) is 0 Å². The Morgan fingerprint density at radius 2 is 1.94 bits per heavy atom. The first kappa shape index (κ1) is 24.7. The molecular formula is C25H22F2N4O2S. The second kappa shape index (κ2) is 11.3. The van der Waals surface area contributed by atoms with Crippen molar-refractivity contribution in [2.45, 2.75) is 33.1 Å². The van der Waals surface area contributed by atoms with E-state index in [1.807, 2.05) is 18.2 Å². The molecule has 2 aromatic carbocycles. The third-order valence-electron chi connectivity index (χ3n) is 4.85. The van der Waals surface area contributed by atoms with E-state index in [4.69, 9.17) is 0 Å². The summed E-state index contributed by atoms with van der Waals surface area (Å²) >= 11 is 1.02. The van der Waals surface area contributed by atoms with Gasteiger partial charge in [-0.25, -0.2) is 13.8 Å². The van der Waals surface area contributed by atoms with Gasteiger partial charge in [-0.15, -0.1) is 11.3 Å². The Kier molecular flexibility index (Phi) is 8.22. The first-order valence-electron chi connectivity index (χ1n) is 10.6. The summed E-state index contributed by atoms with van der Waals surface area (Å²) < 4.78 is 27.5. The number of aromatic nitrogens is 1. The quantitative estimate of drug-likeness (QED) is 0.317. The summed E-state index contributed by atoms with van der Waals surface area (Å²) in [6, 6.07) is 12.1. The van der Waals surface area contributed by atoms with Crippen LogP contribution in [0.25, 0.3) is 6.08 Å². The number of benzene rings is 2. The van der Waals surface area contributed by atoms with Crippen molar-refractivity contribution >= 4 is 45.7 Å². The van der Waals surface area contributed by atoms with Crippen LogP contribution in [0.15, 0.2) is 53.4 Å². The van der Waals surface area contributed by atoms with Gasteiger partial charge in [0.25, 0.3) is 5.91 Å². The second-order valence-electron chi connectivity index (χ2n) is 7.43. The van der Waals surface area contributed by atoms with Crippen LogP contribution < -0.4 is 10.2 Å². The summed E-state index contributed by atoms with van der Waals surface area (Å²) in [5.74, 6) is -2.82. The van der Waals surface area contributed by atoms with Gasteiger partial charge in [-0.2, -0.15) is 5.26 Å². The predicted molar refractivity (Wildman–Crippen MR) is 129 cm³/mol. The van der Waals surface area contributed by atoms with Crippen LogP contribution in [0.1, 0.15) is 37.9 Å². The molecule has 174 valence electrons. The summed E-state index contributed by atoms with van der Waals surface area (Å²) in [5, 5.41) is 13.8. The van der Waals surface area contributed by atoms with E-state index in [9.17, 15) is 23.6 Å². The van der Waals surface area contributed by atoms with Gasteiger partial charge < -0.3 is 5.32 Å². The lowest BCUT2D eigenvalue weighted by Gasteiger charge is -2.18. The number of rotatable bonds is 8. The maximum absolute atomic E-state index is 14.3. The monoisotopic (exact) mass is 480 g/mol. The van der Waals surface area contributed by atoms with Gasteiger partial charge >= 0.3 is 0 Å². The van der Waals surface area contributed by atoms with Crippen LogP contribution in [0.4, 0.5) is 25.3 Å². The van der Waals surface area contributed by atoms with E-state index >= 15 is 0 Å². The first-order chi connectivity index (χ1) is 16.3. The van der Waals surface area contributed by atoms with Crippen molar-refractivity contribution in [2.75, 3.05) is 10.2 Å². The summed E-state index contributed by atoms with van der Waals surface area (Å²) in [7, 11) is 0. The third kappa shape index (κ3) is 6.11. The number of amides is 2. The SMILES string of the molecule is CCCCc1ccc(NC(=O)/C(C#N)=C/c2csc(N(C(C)=O)c3ccc(F)cc3F)n2)cc1. The predicted octanol–water partition coefficient (Wildman–Crippen LogP) is 5.99. The Morgan fingerprint density at radius 1 is 1.21 bits per heavy atom. The highest BCUT2D eigenvalue weighted by Gasteiger charge is 2.22. The number of thiazole rings is 1. The molecular weight excluding hydrogens is 458 g/mol. The van der Waals surface area contributed by atoms with Crippen molar-refractivity contribution in [1.82, 2.24) is 4.98 Å². The largest absolute Gasteiger partial charge is 0.321 e. The van der Waals surface area contributed by atoms with Crippen molar-refractivity contribution in [3.05, 3.63) is 76.3 Å². The molecule has 0 bridgehead atoms. The minimum atomic E-state index is -0.916. The number of aryl methyl sites for hydroxylation is 1. The minimum absolute atomic E-state index is 0.115. The number of carbonyl (C=O) groups excluding carboxylic acids is 2. The zero-order chi connectivity index (χ0) is 24.7. The molecule has 0 atom stereocenters. The van der Waals surface area contributed by atoms with Crippen LogP contribution in [-0.4, -0.2) is 16.8 Å². The molecule has 6 nitrogen and oxygen atoms in total. The molecule has 0 unspecified atom stereocenters. The fraction of sp³-hybridized carbons (Fsp3) is 0.200. The highest BCUT2D eigenvalue weighted by atomic mass is 32.1. The number of nitriles is 1. The molecule has 34 heavy (non-hydrogen) atoms. The van der Waals surface area contributed by atoms with E-state index < -0.39 is 23.4 Å². The third-order valence-corrected chi connectivity index (χ3v) is 5.70.